The molecule has 0 spiro atoms. The third-order valence-electron chi connectivity index (χ3n) is 2.44. The molecule has 2 aromatic rings. The van der Waals surface area contributed by atoms with Gasteiger partial charge in [0.15, 0.2) is 0 Å². The Balaban J connectivity index is 2.01. The summed E-state index contributed by atoms with van der Waals surface area (Å²) in [6.07, 6.45) is 1.73. The average molecular weight is 344 g/mol. The van der Waals surface area contributed by atoms with Crippen LogP contribution in [0.25, 0.3) is 0 Å². The van der Waals surface area contributed by atoms with Crippen molar-refractivity contribution >= 4 is 43.8 Å². The van der Waals surface area contributed by atoms with Gasteiger partial charge in [0, 0.05) is 37.8 Å². The number of thiophene rings is 1. The Kier molecular flexibility index (Phi) is 4.97. The van der Waals surface area contributed by atoms with Gasteiger partial charge in [-0.2, -0.15) is 0 Å². The number of hydrogen-bond donors (Lipinski definition) is 1. The highest BCUT2D eigenvalue weighted by Crippen LogP contribution is 2.23. The highest BCUT2D eigenvalue weighted by atomic mass is 79.9. The summed E-state index contributed by atoms with van der Waals surface area (Å²) in [5.74, 6) is 0.609. The van der Waals surface area contributed by atoms with E-state index in [0.717, 1.165) is 22.3 Å². The van der Waals surface area contributed by atoms with Crippen LogP contribution in [0.15, 0.2) is 40.2 Å². The van der Waals surface area contributed by atoms with Crippen LogP contribution in [-0.4, -0.2) is 10.5 Å². The topological polar surface area (TPSA) is 29.1 Å². The van der Waals surface area contributed by atoms with E-state index in [1.165, 1.54) is 4.88 Å². The van der Waals surface area contributed by atoms with Gasteiger partial charge in [0.25, 0.3) is 0 Å². The Morgan fingerprint density at radius 1 is 1.39 bits per heavy atom. The zero-order chi connectivity index (χ0) is 13.0. The molecule has 1 aromatic carbocycles. The fourth-order valence-electron chi connectivity index (χ4n) is 1.64. The molecular weight excluding hydrogens is 330 g/mol. The van der Waals surface area contributed by atoms with E-state index < -0.39 is 10.8 Å². The molecular formula is C13H14BrNOS2. The summed E-state index contributed by atoms with van der Waals surface area (Å²) in [6, 6.07) is 10.1. The van der Waals surface area contributed by atoms with Crippen molar-refractivity contribution in [2.45, 2.75) is 12.3 Å². The van der Waals surface area contributed by atoms with Crippen LogP contribution in [0.2, 0.25) is 0 Å². The number of anilines is 1. The van der Waals surface area contributed by atoms with Gasteiger partial charge < -0.3 is 5.32 Å². The molecule has 1 heterocycles. The van der Waals surface area contributed by atoms with E-state index in [1.54, 1.807) is 17.6 Å². The van der Waals surface area contributed by atoms with Crippen LogP contribution in [0.5, 0.6) is 0 Å². The smallest absolute Gasteiger partial charge is 0.0505 e. The van der Waals surface area contributed by atoms with Gasteiger partial charge in [-0.25, -0.2) is 0 Å². The molecule has 0 saturated heterocycles. The molecule has 18 heavy (non-hydrogen) atoms. The van der Waals surface area contributed by atoms with Crippen molar-refractivity contribution in [3.05, 3.63) is 50.6 Å². The van der Waals surface area contributed by atoms with E-state index in [2.05, 4.69) is 38.8 Å². The molecule has 0 amide bonds. The second kappa shape index (κ2) is 6.50. The van der Waals surface area contributed by atoms with Gasteiger partial charge in [-0.15, -0.1) is 11.3 Å². The summed E-state index contributed by atoms with van der Waals surface area (Å²) in [5, 5.41) is 5.45. The van der Waals surface area contributed by atoms with Crippen molar-refractivity contribution in [1.29, 1.82) is 0 Å². The lowest BCUT2D eigenvalue weighted by Gasteiger charge is -2.07. The predicted molar refractivity (Wildman–Crippen MR) is 83.6 cm³/mol. The Labute approximate surface area is 122 Å². The minimum atomic E-state index is -0.795. The summed E-state index contributed by atoms with van der Waals surface area (Å²) in [6.45, 7) is 0.802. The molecule has 96 valence electrons. The van der Waals surface area contributed by atoms with Crippen LogP contribution in [0, 0.1) is 0 Å². The van der Waals surface area contributed by atoms with Crippen LogP contribution >= 0.6 is 27.3 Å². The molecule has 5 heteroatoms. The van der Waals surface area contributed by atoms with Gasteiger partial charge in [0.1, 0.15) is 0 Å². The third-order valence-corrected chi connectivity index (χ3v) is 5.11. The van der Waals surface area contributed by atoms with Crippen molar-refractivity contribution in [3.63, 3.8) is 0 Å². The van der Waals surface area contributed by atoms with Gasteiger partial charge >= 0.3 is 0 Å². The molecule has 1 aromatic heterocycles. The van der Waals surface area contributed by atoms with Gasteiger partial charge in [-0.05, 0) is 45.1 Å². The number of rotatable bonds is 5. The maximum Gasteiger partial charge on any atom is 0.0505 e. The minimum absolute atomic E-state index is 0.609. The van der Waals surface area contributed by atoms with E-state index in [0.29, 0.717) is 5.75 Å². The maximum atomic E-state index is 11.2. The fourth-order valence-corrected chi connectivity index (χ4v) is 3.72. The predicted octanol–water partition coefficient (Wildman–Crippen LogP) is 4.00. The molecule has 0 aliphatic rings. The molecule has 0 unspecified atom stereocenters. The number of hydrogen-bond acceptors (Lipinski definition) is 3. The van der Waals surface area contributed by atoms with Gasteiger partial charge in [-0.1, -0.05) is 12.1 Å². The summed E-state index contributed by atoms with van der Waals surface area (Å²) in [4.78, 5) is 1.28. The van der Waals surface area contributed by atoms with Crippen molar-refractivity contribution in [1.82, 2.24) is 0 Å². The van der Waals surface area contributed by atoms with Gasteiger partial charge in [-0.3, -0.25) is 4.21 Å². The first-order valence-electron chi connectivity index (χ1n) is 5.50. The van der Waals surface area contributed by atoms with E-state index in [4.69, 9.17) is 0 Å². The number of benzene rings is 1. The molecule has 0 aliphatic heterocycles. The number of nitrogens with one attached hydrogen (secondary N) is 1. The van der Waals surface area contributed by atoms with E-state index in [9.17, 15) is 4.21 Å². The molecule has 1 atom stereocenters. The van der Waals surface area contributed by atoms with Crippen LogP contribution in [0.3, 0.4) is 0 Å². The first kappa shape index (κ1) is 13.8. The van der Waals surface area contributed by atoms with Crippen LogP contribution < -0.4 is 5.32 Å². The normalized spacial score (nSPS) is 12.3. The SMILES string of the molecule is C[S@](=O)Cc1cccc(NCc2sccc2Br)c1. The molecule has 2 rings (SSSR count). The standard InChI is InChI=1S/C13H14BrNOS2/c1-18(16)9-10-3-2-4-11(7-10)15-8-13-12(14)5-6-17-13/h2-7,15H,8-9H2,1H3/t18-/m0/s1. The summed E-state index contributed by atoms with van der Waals surface area (Å²) < 4.78 is 12.3. The van der Waals surface area contributed by atoms with Crippen molar-refractivity contribution in [2.75, 3.05) is 11.6 Å². The average Bonchev–Trinajstić information content (AvgIpc) is 2.72. The van der Waals surface area contributed by atoms with Crippen LogP contribution in [0.1, 0.15) is 10.4 Å². The lowest BCUT2D eigenvalue weighted by Crippen LogP contribution is -1.99. The summed E-state index contributed by atoms with van der Waals surface area (Å²) >= 11 is 5.24. The molecule has 1 N–H and O–H groups in total. The molecule has 0 aliphatic carbocycles. The second-order valence-corrected chi connectivity index (χ2v) is 7.25. The molecule has 2 nitrogen and oxygen atoms in total. The lowest BCUT2D eigenvalue weighted by molar-refractivity contribution is 0.686. The van der Waals surface area contributed by atoms with Gasteiger partial charge in [0.05, 0.1) is 6.54 Å². The molecule has 0 bridgehead atoms. The fraction of sp³-hybridized carbons (Fsp3) is 0.231. The Morgan fingerprint density at radius 2 is 2.22 bits per heavy atom. The van der Waals surface area contributed by atoms with Gasteiger partial charge in [0.2, 0.25) is 0 Å². The first-order valence-corrected chi connectivity index (χ1v) is 8.90. The molecule has 0 saturated carbocycles. The van der Waals surface area contributed by atoms with Crippen molar-refractivity contribution < 1.29 is 4.21 Å². The van der Waals surface area contributed by atoms with E-state index in [-0.39, 0.29) is 0 Å². The van der Waals surface area contributed by atoms with Crippen LogP contribution in [0.4, 0.5) is 5.69 Å². The zero-order valence-electron chi connectivity index (χ0n) is 9.98. The number of halogens is 1. The first-order chi connectivity index (χ1) is 8.65. The monoisotopic (exact) mass is 343 g/mol. The summed E-state index contributed by atoms with van der Waals surface area (Å²) in [5.41, 5.74) is 2.17. The van der Waals surface area contributed by atoms with Crippen LogP contribution in [-0.2, 0) is 23.1 Å². The second-order valence-electron chi connectivity index (χ2n) is 3.96. The lowest BCUT2D eigenvalue weighted by atomic mass is 10.2. The Bertz CT molecular complexity index is 553. The molecule has 0 radical (unpaired) electrons. The van der Waals surface area contributed by atoms with E-state index in [1.807, 2.05) is 18.2 Å². The van der Waals surface area contributed by atoms with E-state index >= 15 is 0 Å². The van der Waals surface area contributed by atoms with Crippen molar-refractivity contribution in [2.24, 2.45) is 0 Å². The highest BCUT2D eigenvalue weighted by Gasteiger charge is 2.02. The molecule has 0 fully saturated rings. The third kappa shape index (κ3) is 3.93. The minimum Gasteiger partial charge on any atom is -0.380 e. The maximum absolute atomic E-state index is 11.2. The largest absolute Gasteiger partial charge is 0.380 e. The quantitative estimate of drug-likeness (QED) is 0.888. The Hall–Kier alpha value is -0.650. The Morgan fingerprint density at radius 3 is 2.89 bits per heavy atom. The zero-order valence-corrected chi connectivity index (χ0v) is 13.2. The van der Waals surface area contributed by atoms with Crippen molar-refractivity contribution in [3.8, 4) is 0 Å². The summed E-state index contributed by atoms with van der Waals surface area (Å²) in [7, 11) is -0.795. The highest BCUT2D eigenvalue weighted by molar-refractivity contribution is 9.10.